The number of nitrogens with zero attached hydrogens (tertiary/aromatic N) is 4. The van der Waals surface area contributed by atoms with Gasteiger partial charge in [-0.1, -0.05) is 130 Å². The van der Waals surface area contributed by atoms with Crippen molar-refractivity contribution in [3.05, 3.63) is 107 Å². The number of ether oxygens (including phenoxy) is 1. The first kappa shape index (κ1) is 31.0. The highest BCUT2D eigenvalue weighted by Gasteiger charge is 2.59. The number of carbonyl (C=O) groups excluding carboxylic acids is 1. The standard InChI is InChI=1S/C35H44N4O3Si/c1-6-27-22-28(25-42-43(34(2,3)4,29-18-12-8-13-19-29)30-20-14-9-15-21-30)39-32(27)31(41-5)24-35(33(39)40,37-38-36)23-26-16-10-7-11-17-26/h7-21,27-28,31-32H,6,22-25H2,1-5H3/t27-,28+,31+,32+,35+/m1/s1. The first-order valence-electron chi connectivity index (χ1n) is 15.4. The molecule has 226 valence electrons. The molecular weight excluding hydrogens is 552 g/mol. The number of azide groups is 1. The Bertz CT molecular complexity index is 1390. The third kappa shape index (κ3) is 5.65. The molecule has 3 aromatic carbocycles. The molecule has 0 bridgehead atoms. The van der Waals surface area contributed by atoms with E-state index in [0.29, 0.717) is 19.4 Å². The lowest BCUT2D eigenvalue weighted by Crippen LogP contribution is -2.68. The summed E-state index contributed by atoms with van der Waals surface area (Å²) < 4.78 is 13.5. The molecule has 3 aromatic rings. The van der Waals surface area contributed by atoms with Gasteiger partial charge in [-0.2, -0.15) is 0 Å². The van der Waals surface area contributed by atoms with Crippen LogP contribution in [0, 0.1) is 5.92 Å². The predicted octanol–water partition coefficient (Wildman–Crippen LogP) is 6.27. The van der Waals surface area contributed by atoms with E-state index in [1.54, 1.807) is 7.11 Å². The first-order chi connectivity index (χ1) is 20.7. The van der Waals surface area contributed by atoms with E-state index in [2.05, 4.69) is 86.3 Å². The van der Waals surface area contributed by atoms with Gasteiger partial charge < -0.3 is 14.1 Å². The van der Waals surface area contributed by atoms with Gasteiger partial charge in [-0.3, -0.25) is 4.79 Å². The molecular formula is C35H44N4O3Si. The highest BCUT2D eigenvalue weighted by molar-refractivity contribution is 6.99. The molecule has 8 heteroatoms. The minimum atomic E-state index is -2.82. The van der Waals surface area contributed by atoms with Crippen LogP contribution in [-0.2, 0) is 20.4 Å². The average molecular weight is 597 g/mol. The summed E-state index contributed by atoms with van der Waals surface area (Å²) in [5, 5.41) is 6.50. The van der Waals surface area contributed by atoms with Crippen LogP contribution >= 0.6 is 0 Å². The molecule has 0 spiro atoms. The molecule has 2 fully saturated rings. The molecule has 2 aliphatic heterocycles. The zero-order valence-electron chi connectivity index (χ0n) is 26.0. The molecule has 1 amide bonds. The van der Waals surface area contributed by atoms with Crippen molar-refractivity contribution >= 4 is 24.6 Å². The van der Waals surface area contributed by atoms with E-state index >= 15 is 0 Å². The second-order valence-electron chi connectivity index (χ2n) is 13.1. The minimum absolute atomic E-state index is 0.0898. The lowest BCUT2D eigenvalue weighted by atomic mass is 9.77. The van der Waals surface area contributed by atoms with Crippen molar-refractivity contribution in [2.24, 2.45) is 11.0 Å². The number of amides is 1. The van der Waals surface area contributed by atoms with E-state index in [9.17, 15) is 10.3 Å². The Labute approximate surface area is 257 Å². The molecule has 2 heterocycles. The van der Waals surface area contributed by atoms with E-state index in [4.69, 9.17) is 9.16 Å². The van der Waals surface area contributed by atoms with Crippen molar-refractivity contribution in [3.8, 4) is 0 Å². The first-order valence-corrected chi connectivity index (χ1v) is 17.3. The number of hydrogen-bond donors (Lipinski definition) is 0. The van der Waals surface area contributed by atoms with Crippen LogP contribution in [0.15, 0.2) is 96.1 Å². The van der Waals surface area contributed by atoms with Gasteiger partial charge in [0.2, 0.25) is 5.91 Å². The fourth-order valence-corrected chi connectivity index (χ4v) is 12.3. The number of carbonyl (C=O) groups is 1. The van der Waals surface area contributed by atoms with Crippen LogP contribution in [0.4, 0.5) is 0 Å². The number of methoxy groups -OCH3 is 1. The van der Waals surface area contributed by atoms with Crippen LogP contribution in [-0.4, -0.2) is 56.6 Å². The zero-order valence-corrected chi connectivity index (χ0v) is 27.0. The predicted molar refractivity (Wildman–Crippen MR) is 174 cm³/mol. The van der Waals surface area contributed by atoms with E-state index < -0.39 is 13.9 Å². The Morgan fingerprint density at radius 2 is 1.53 bits per heavy atom. The maximum atomic E-state index is 14.7. The lowest BCUT2D eigenvalue weighted by molar-refractivity contribution is -0.154. The molecule has 0 aromatic heterocycles. The fraction of sp³-hybridized carbons (Fsp3) is 0.457. The molecule has 0 saturated carbocycles. The topological polar surface area (TPSA) is 87.5 Å². The van der Waals surface area contributed by atoms with E-state index in [1.807, 2.05) is 47.4 Å². The summed E-state index contributed by atoms with van der Waals surface area (Å²) in [5.74, 6) is 0.155. The van der Waals surface area contributed by atoms with E-state index in [1.165, 1.54) is 10.4 Å². The largest absolute Gasteiger partial charge is 0.405 e. The maximum Gasteiger partial charge on any atom is 0.261 e. The molecule has 0 N–H and O–H groups in total. The van der Waals surface area contributed by atoms with Crippen molar-refractivity contribution in [3.63, 3.8) is 0 Å². The van der Waals surface area contributed by atoms with Gasteiger partial charge in [-0.25, -0.2) is 0 Å². The molecule has 2 saturated heterocycles. The monoisotopic (exact) mass is 596 g/mol. The summed E-state index contributed by atoms with van der Waals surface area (Å²) in [6, 6.07) is 30.8. The number of hydrogen-bond acceptors (Lipinski definition) is 4. The van der Waals surface area contributed by atoms with Gasteiger partial charge in [0.05, 0.1) is 24.8 Å². The van der Waals surface area contributed by atoms with E-state index in [-0.39, 0.29) is 35.1 Å². The Hall–Kier alpha value is -3.42. The van der Waals surface area contributed by atoms with Crippen molar-refractivity contribution in [2.75, 3.05) is 13.7 Å². The normalized spacial score (nSPS) is 25.7. The third-order valence-electron chi connectivity index (χ3n) is 9.64. The van der Waals surface area contributed by atoms with Crippen molar-refractivity contribution < 1.29 is 14.0 Å². The summed E-state index contributed by atoms with van der Waals surface area (Å²) >= 11 is 0. The van der Waals surface area contributed by atoms with Crippen LogP contribution < -0.4 is 10.4 Å². The van der Waals surface area contributed by atoms with Gasteiger partial charge >= 0.3 is 0 Å². The van der Waals surface area contributed by atoms with Gasteiger partial charge in [-0.15, -0.1) is 0 Å². The second kappa shape index (κ2) is 12.7. The van der Waals surface area contributed by atoms with Crippen LogP contribution in [0.25, 0.3) is 10.4 Å². The van der Waals surface area contributed by atoms with Gasteiger partial charge in [0.15, 0.2) is 0 Å². The lowest BCUT2D eigenvalue weighted by Gasteiger charge is -2.49. The van der Waals surface area contributed by atoms with Crippen molar-refractivity contribution in [1.82, 2.24) is 4.90 Å². The van der Waals surface area contributed by atoms with Crippen LogP contribution in [0.2, 0.25) is 5.04 Å². The van der Waals surface area contributed by atoms with Crippen molar-refractivity contribution in [2.45, 2.75) is 82.1 Å². The van der Waals surface area contributed by atoms with Gasteiger partial charge in [-0.05, 0) is 51.7 Å². The van der Waals surface area contributed by atoms with Crippen LogP contribution in [0.1, 0.15) is 52.5 Å². The van der Waals surface area contributed by atoms with E-state index in [0.717, 1.165) is 18.4 Å². The molecule has 5 rings (SSSR count). The van der Waals surface area contributed by atoms with Gasteiger partial charge in [0.25, 0.3) is 8.32 Å². The Balaban J connectivity index is 1.56. The molecule has 2 aliphatic rings. The third-order valence-corrected chi connectivity index (χ3v) is 14.6. The summed E-state index contributed by atoms with van der Waals surface area (Å²) in [6.07, 6.45) is 2.20. The molecule has 43 heavy (non-hydrogen) atoms. The number of fused-ring (bicyclic) bond motifs is 1. The summed E-state index contributed by atoms with van der Waals surface area (Å²) in [6.45, 7) is 9.39. The van der Waals surface area contributed by atoms with Crippen LogP contribution in [0.3, 0.4) is 0 Å². The molecule has 0 aliphatic carbocycles. The number of rotatable bonds is 10. The Morgan fingerprint density at radius 3 is 2.02 bits per heavy atom. The Morgan fingerprint density at radius 1 is 0.977 bits per heavy atom. The van der Waals surface area contributed by atoms with Gasteiger partial charge in [0, 0.05) is 12.0 Å². The minimum Gasteiger partial charge on any atom is -0.405 e. The highest BCUT2D eigenvalue weighted by Crippen LogP contribution is 2.46. The van der Waals surface area contributed by atoms with Crippen molar-refractivity contribution in [1.29, 1.82) is 0 Å². The smallest absolute Gasteiger partial charge is 0.261 e. The molecule has 7 nitrogen and oxygen atoms in total. The highest BCUT2D eigenvalue weighted by atomic mass is 28.4. The number of benzene rings is 3. The summed E-state index contributed by atoms with van der Waals surface area (Å²) in [7, 11) is -1.11. The van der Waals surface area contributed by atoms with Gasteiger partial charge in [0.1, 0.15) is 5.54 Å². The maximum absolute atomic E-state index is 14.7. The number of piperidine rings is 1. The average Bonchev–Trinajstić information content (AvgIpc) is 3.39. The van der Waals surface area contributed by atoms with Crippen LogP contribution in [0.5, 0.6) is 0 Å². The zero-order chi connectivity index (χ0) is 30.7. The molecule has 5 atom stereocenters. The Kier molecular flexibility index (Phi) is 9.14. The SMILES string of the molecule is CC[C@@H]1C[C@@H](CO[Si](c2ccccc2)(c2ccccc2)C(C)(C)C)N2C(=O)[C@@](Cc3ccccc3)(N=[N+]=[N-])C[C@H](OC)[C@H]12. The summed E-state index contributed by atoms with van der Waals surface area (Å²) in [4.78, 5) is 19.9. The fourth-order valence-electron chi connectivity index (χ4n) is 7.69. The summed E-state index contributed by atoms with van der Waals surface area (Å²) in [5.41, 5.74) is 9.43. The molecule has 0 radical (unpaired) electrons. The second-order valence-corrected chi connectivity index (χ2v) is 17.4. The molecule has 0 unspecified atom stereocenters. The quantitative estimate of drug-likeness (QED) is 0.120.